The fourth-order valence-corrected chi connectivity index (χ4v) is 2.01. The predicted molar refractivity (Wildman–Crippen MR) is 68.5 cm³/mol. The molecule has 0 spiro atoms. The third-order valence-corrected chi connectivity index (χ3v) is 3.37. The molecule has 0 aliphatic heterocycles. The second-order valence-electron chi connectivity index (χ2n) is 3.96. The molecule has 98 valence electrons. The average Bonchev–Trinajstić information content (AvgIpc) is 2.37. The van der Waals surface area contributed by atoms with Crippen LogP contribution >= 0.6 is 15.9 Å². The molecule has 0 radical (unpaired) electrons. The Morgan fingerprint density at radius 1 is 1.00 bits per heavy atom. The Kier molecular flexibility index (Phi) is 4.04. The van der Waals surface area contributed by atoms with E-state index in [9.17, 15) is 18.0 Å². The Hall–Kier alpha value is -1.62. The molecule has 19 heavy (non-hydrogen) atoms. The van der Waals surface area contributed by atoms with Gasteiger partial charge < -0.3 is 0 Å². The van der Waals surface area contributed by atoms with E-state index in [0.29, 0.717) is 10.0 Å². The van der Waals surface area contributed by atoms with E-state index in [0.717, 1.165) is 12.1 Å². The number of ketones is 1. The van der Waals surface area contributed by atoms with Crippen LogP contribution in [-0.2, 0) is 6.42 Å². The normalized spacial score (nSPS) is 10.5. The maximum Gasteiger partial charge on any atom is 0.167 e. The largest absolute Gasteiger partial charge is 0.294 e. The first kappa shape index (κ1) is 13.8. The first-order chi connectivity index (χ1) is 8.97. The van der Waals surface area contributed by atoms with Gasteiger partial charge in [0.25, 0.3) is 0 Å². The lowest BCUT2D eigenvalue weighted by atomic mass is 10.0. The summed E-state index contributed by atoms with van der Waals surface area (Å²) in [5.41, 5.74) is 0.504. The second-order valence-corrected chi connectivity index (χ2v) is 4.82. The quantitative estimate of drug-likeness (QED) is 0.768. The molecule has 2 aromatic carbocycles. The number of benzene rings is 2. The van der Waals surface area contributed by atoms with E-state index in [-0.39, 0.29) is 12.0 Å². The van der Waals surface area contributed by atoms with Gasteiger partial charge in [-0.1, -0.05) is 15.9 Å². The summed E-state index contributed by atoms with van der Waals surface area (Å²) >= 11 is 3.20. The number of halogens is 4. The Morgan fingerprint density at radius 2 is 1.74 bits per heavy atom. The maximum absolute atomic E-state index is 13.1. The van der Waals surface area contributed by atoms with Crippen molar-refractivity contribution in [1.29, 1.82) is 0 Å². The maximum atomic E-state index is 13.1. The van der Waals surface area contributed by atoms with Crippen LogP contribution in [0.15, 0.2) is 40.9 Å². The van der Waals surface area contributed by atoms with E-state index in [1.165, 1.54) is 24.3 Å². The highest BCUT2D eigenvalue weighted by atomic mass is 79.9. The highest BCUT2D eigenvalue weighted by Crippen LogP contribution is 2.20. The van der Waals surface area contributed by atoms with Crippen molar-refractivity contribution in [1.82, 2.24) is 0 Å². The molecular formula is C14H8BrF3O. The molecule has 0 aliphatic rings. The summed E-state index contributed by atoms with van der Waals surface area (Å²) in [7, 11) is 0. The van der Waals surface area contributed by atoms with Crippen LogP contribution in [-0.4, -0.2) is 5.78 Å². The minimum atomic E-state index is -1.08. The monoisotopic (exact) mass is 328 g/mol. The van der Waals surface area contributed by atoms with E-state index < -0.39 is 23.2 Å². The van der Waals surface area contributed by atoms with Gasteiger partial charge in [-0.2, -0.15) is 0 Å². The van der Waals surface area contributed by atoms with Crippen LogP contribution in [0.2, 0.25) is 0 Å². The highest BCUT2D eigenvalue weighted by molar-refractivity contribution is 9.10. The number of rotatable bonds is 3. The number of hydrogen-bond donors (Lipinski definition) is 0. The minimum Gasteiger partial charge on any atom is -0.294 e. The first-order valence-electron chi connectivity index (χ1n) is 5.39. The van der Waals surface area contributed by atoms with Gasteiger partial charge in [0.15, 0.2) is 17.4 Å². The molecule has 0 heterocycles. The standard InChI is InChI=1S/C14H8BrF3O/c15-11-3-2-10(16)5-9(11)7-14(19)8-1-4-12(17)13(18)6-8/h1-6H,7H2. The van der Waals surface area contributed by atoms with Crippen molar-refractivity contribution in [3.8, 4) is 0 Å². The molecule has 0 bridgehead atoms. The summed E-state index contributed by atoms with van der Waals surface area (Å²) in [5, 5.41) is 0. The van der Waals surface area contributed by atoms with Crippen molar-refractivity contribution in [3.63, 3.8) is 0 Å². The predicted octanol–water partition coefficient (Wildman–Crippen LogP) is 4.29. The molecular weight excluding hydrogens is 321 g/mol. The molecule has 0 saturated heterocycles. The molecule has 0 atom stereocenters. The van der Waals surface area contributed by atoms with Gasteiger partial charge in [-0.25, -0.2) is 13.2 Å². The van der Waals surface area contributed by atoms with Crippen LogP contribution < -0.4 is 0 Å². The zero-order chi connectivity index (χ0) is 14.0. The minimum absolute atomic E-state index is 0.0510. The van der Waals surface area contributed by atoms with Crippen molar-refractivity contribution in [2.75, 3.05) is 0 Å². The zero-order valence-electron chi connectivity index (χ0n) is 9.59. The molecule has 0 N–H and O–H groups in total. The second kappa shape index (κ2) is 5.57. The molecule has 0 amide bonds. The van der Waals surface area contributed by atoms with E-state index in [1.807, 2.05) is 0 Å². The van der Waals surface area contributed by atoms with Crippen LogP contribution in [0, 0.1) is 17.5 Å². The van der Waals surface area contributed by atoms with Crippen LogP contribution in [0.1, 0.15) is 15.9 Å². The van der Waals surface area contributed by atoms with Gasteiger partial charge in [-0.05, 0) is 42.0 Å². The molecule has 0 fully saturated rings. The van der Waals surface area contributed by atoms with Crippen LogP contribution in [0.25, 0.3) is 0 Å². The lowest BCUT2D eigenvalue weighted by Crippen LogP contribution is -2.05. The van der Waals surface area contributed by atoms with Crippen molar-refractivity contribution < 1.29 is 18.0 Å². The van der Waals surface area contributed by atoms with E-state index in [2.05, 4.69) is 15.9 Å². The summed E-state index contributed by atoms with van der Waals surface area (Å²) in [6.45, 7) is 0. The lowest BCUT2D eigenvalue weighted by molar-refractivity contribution is 0.0992. The fourth-order valence-electron chi connectivity index (χ4n) is 1.62. The molecule has 0 unspecified atom stereocenters. The summed E-state index contributed by atoms with van der Waals surface area (Å²) in [6.07, 6.45) is -0.0938. The average molecular weight is 329 g/mol. The highest BCUT2D eigenvalue weighted by Gasteiger charge is 2.12. The van der Waals surface area contributed by atoms with Crippen LogP contribution in [0.3, 0.4) is 0 Å². The van der Waals surface area contributed by atoms with Gasteiger partial charge in [0, 0.05) is 16.5 Å². The molecule has 0 aromatic heterocycles. The zero-order valence-corrected chi connectivity index (χ0v) is 11.2. The molecule has 1 nitrogen and oxygen atoms in total. The number of carbonyl (C=O) groups excluding carboxylic acids is 1. The number of Topliss-reactive ketones (excluding diaryl/α,β-unsaturated/α-hetero) is 1. The molecule has 5 heteroatoms. The molecule has 0 saturated carbocycles. The van der Waals surface area contributed by atoms with Crippen LogP contribution in [0.4, 0.5) is 13.2 Å². The lowest BCUT2D eigenvalue weighted by Gasteiger charge is -2.05. The van der Waals surface area contributed by atoms with Gasteiger partial charge in [-0.3, -0.25) is 4.79 Å². The Morgan fingerprint density at radius 3 is 2.42 bits per heavy atom. The van der Waals surface area contributed by atoms with Gasteiger partial charge in [0.05, 0.1) is 0 Å². The Balaban J connectivity index is 2.25. The van der Waals surface area contributed by atoms with Gasteiger partial charge in [0.2, 0.25) is 0 Å². The topological polar surface area (TPSA) is 17.1 Å². The van der Waals surface area contributed by atoms with Crippen molar-refractivity contribution in [2.45, 2.75) is 6.42 Å². The molecule has 0 aliphatic carbocycles. The van der Waals surface area contributed by atoms with E-state index >= 15 is 0 Å². The summed E-state index contributed by atoms with van der Waals surface area (Å²) < 4.78 is 39.5. The Labute approximate surface area is 116 Å². The fraction of sp³-hybridized carbons (Fsp3) is 0.0714. The summed E-state index contributed by atoms with van der Waals surface area (Å²) in [6, 6.07) is 6.91. The van der Waals surface area contributed by atoms with E-state index in [4.69, 9.17) is 0 Å². The third kappa shape index (κ3) is 3.23. The van der Waals surface area contributed by atoms with Gasteiger partial charge in [0.1, 0.15) is 5.82 Å². The van der Waals surface area contributed by atoms with Crippen molar-refractivity contribution >= 4 is 21.7 Å². The molecule has 2 aromatic rings. The SMILES string of the molecule is O=C(Cc1cc(F)ccc1Br)c1ccc(F)c(F)c1. The third-order valence-electron chi connectivity index (χ3n) is 2.60. The summed E-state index contributed by atoms with van der Waals surface area (Å²) in [4.78, 5) is 11.9. The van der Waals surface area contributed by atoms with Gasteiger partial charge >= 0.3 is 0 Å². The number of carbonyl (C=O) groups is 1. The van der Waals surface area contributed by atoms with Gasteiger partial charge in [-0.15, -0.1) is 0 Å². The van der Waals surface area contributed by atoms with Crippen LogP contribution in [0.5, 0.6) is 0 Å². The molecule has 2 rings (SSSR count). The van der Waals surface area contributed by atoms with Crippen molar-refractivity contribution in [3.05, 3.63) is 69.4 Å². The van der Waals surface area contributed by atoms with E-state index in [1.54, 1.807) is 0 Å². The van der Waals surface area contributed by atoms with Crippen molar-refractivity contribution in [2.24, 2.45) is 0 Å². The smallest absolute Gasteiger partial charge is 0.167 e. The first-order valence-corrected chi connectivity index (χ1v) is 6.19. The Bertz CT molecular complexity index is 641. The number of hydrogen-bond acceptors (Lipinski definition) is 1. The summed E-state index contributed by atoms with van der Waals surface area (Å²) in [5.74, 6) is -2.96.